The molecule has 196 valence electrons. The summed E-state index contributed by atoms with van der Waals surface area (Å²) in [6.45, 7) is 0. The summed E-state index contributed by atoms with van der Waals surface area (Å²) < 4.78 is 65.8. The van der Waals surface area contributed by atoms with Crippen LogP contribution in [0.15, 0.2) is 86.7 Å². The van der Waals surface area contributed by atoms with Crippen molar-refractivity contribution >= 4 is 71.3 Å². The molecular formula is C23H17ClN4O8S2. The molecule has 0 aliphatic heterocycles. The minimum atomic E-state index is -4.78. The van der Waals surface area contributed by atoms with E-state index in [0.29, 0.717) is 5.02 Å². The van der Waals surface area contributed by atoms with Gasteiger partial charge in [-0.05, 0) is 60.0 Å². The number of azo groups is 1. The van der Waals surface area contributed by atoms with Crippen LogP contribution in [0.4, 0.5) is 22.7 Å². The molecule has 1 amide bonds. The average molecular weight is 577 g/mol. The molecule has 0 atom stereocenters. The smallest absolute Gasteiger partial charge is 0.296 e. The number of hydrogen-bond acceptors (Lipinski definition) is 9. The molecule has 0 fully saturated rings. The fourth-order valence-electron chi connectivity index (χ4n) is 3.47. The van der Waals surface area contributed by atoms with E-state index in [2.05, 4.69) is 15.5 Å². The number of fused-ring (bicyclic) bond motifs is 1. The minimum Gasteiger partial charge on any atom is -0.507 e. The van der Waals surface area contributed by atoms with E-state index >= 15 is 0 Å². The van der Waals surface area contributed by atoms with E-state index in [1.165, 1.54) is 42.5 Å². The highest BCUT2D eigenvalue weighted by Gasteiger charge is 2.19. The number of nitrogens with two attached hydrogens (primary N) is 1. The Morgan fingerprint density at radius 2 is 1.55 bits per heavy atom. The molecule has 6 N–H and O–H groups in total. The summed E-state index contributed by atoms with van der Waals surface area (Å²) in [7, 11) is -9.41. The maximum Gasteiger partial charge on any atom is 0.296 e. The maximum absolute atomic E-state index is 12.5. The molecule has 0 spiro atoms. The van der Waals surface area contributed by atoms with Gasteiger partial charge in [-0.1, -0.05) is 17.7 Å². The van der Waals surface area contributed by atoms with E-state index < -0.39 is 41.7 Å². The van der Waals surface area contributed by atoms with Crippen LogP contribution in [0.2, 0.25) is 5.02 Å². The van der Waals surface area contributed by atoms with E-state index in [-0.39, 0.29) is 39.1 Å². The Kier molecular flexibility index (Phi) is 7.10. The quantitative estimate of drug-likeness (QED) is 0.119. The molecule has 38 heavy (non-hydrogen) atoms. The summed E-state index contributed by atoms with van der Waals surface area (Å²) in [5.74, 6) is -1.14. The summed E-state index contributed by atoms with van der Waals surface area (Å²) in [6.07, 6.45) is 0. The third kappa shape index (κ3) is 5.74. The molecule has 4 aromatic rings. The zero-order valence-corrected chi connectivity index (χ0v) is 21.3. The molecule has 0 aromatic heterocycles. The first-order valence-electron chi connectivity index (χ1n) is 10.4. The van der Waals surface area contributed by atoms with Crippen LogP contribution in [0.1, 0.15) is 10.4 Å². The molecule has 0 bridgehead atoms. The highest BCUT2D eigenvalue weighted by molar-refractivity contribution is 7.86. The second-order valence-corrected chi connectivity index (χ2v) is 11.1. The molecule has 0 heterocycles. The number of anilines is 2. The predicted octanol–water partition coefficient (Wildman–Crippen LogP) is 4.94. The van der Waals surface area contributed by atoms with Gasteiger partial charge in [0.15, 0.2) is 0 Å². The first kappa shape index (κ1) is 27.0. The zero-order valence-electron chi connectivity index (χ0n) is 18.9. The third-order valence-electron chi connectivity index (χ3n) is 5.23. The van der Waals surface area contributed by atoms with Crippen molar-refractivity contribution < 1.29 is 35.8 Å². The summed E-state index contributed by atoms with van der Waals surface area (Å²) in [4.78, 5) is 11.3. The molecule has 4 rings (SSSR count). The Balaban J connectivity index is 1.79. The lowest BCUT2D eigenvalue weighted by atomic mass is 10.1. The van der Waals surface area contributed by atoms with Crippen molar-refractivity contribution in [3.05, 3.63) is 77.3 Å². The van der Waals surface area contributed by atoms with Crippen LogP contribution in [-0.2, 0) is 20.2 Å². The highest BCUT2D eigenvalue weighted by atomic mass is 35.5. The number of benzene rings is 4. The van der Waals surface area contributed by atoms with Crippen molar-refractivity contribution in [1.82, 2.24) is 0 Å². The molecule has 4 aromatic carbocycles. The lowest BCUT2D eigenvalue weighted by molar-refractivity contribution is 0.102. The number of hydrogen-bond donors (Lipinski definition) is 5. The van der Waals surface area contributed by atoms with Gasteiger partial charge in [0.05, 0.1) is 16.0 Å². The normalized spacial score (nSPS) is 12.2. The number of nitrogens with one attached hydrogen (secondary N) is 1. The van der Waals surface area contributed by atoms with Gasteiger partial charge in [0.2, 0.25) is 0 Å². The van der Waals surface area contributed by atoms with Crippen LogP contribution >= 0.6 is 11.6 Å². The van der Waals surface area contributed by atoms with Crippen molar-refractivity contribution in [3.8, 4) is 5.75 Å². The van der Waals surface area contributed by atoms with Gasteiger partial charge in [0.25, 0.3) is 26.1 Å². The maximum atomic E-state index is 12.5. The van der Waals surface area contributed by atoms with Crippen molar-refractivity contribution in [2.75, 3.05) is 11.1 Å². The Morgan fingerprint density at radius 3 is 2.18 bits per heavy atom. The third-order valence-corrected chi connectivity index (χ3v) is 7.22. The highest BCUT2D eigenvalue weighted by Crippen LogP contribution is 2.41. The SMILES string of the molecule is Nc1ccc2cc(S(=O)(=O)O)cc(O)c2c1N=Nc1cc(NC(=O)c2ccc(Cl)cc2)ccc1S(=O)(=O)O. The first-order valence-corrected chi connectivity index (χ1v) is 13.6. The number of aromatic hydroxyl groups is 1. The van der Waals surface area contributed by atoms with Crippen molar-refractivity contribution in [2.24, 2.45) is 10.2 Å². The molecular weight excluding hydrogens is 560 g/mol. The lowest BCUT2D eigenvalue weighted by Gasteiger charge is -2.10. The van der Waals surface area contributed by atoms with Crippen LogP contribution in [0.25, 0.3) is 10.8 Å². The van der Waals surface area contributed by atoms with Crippen LogP contribution in [-0.4, -0.2) is 37.0 Å². The van der Waals surface area contributed by atoms with Gasteiger partial charge in [-0.25, -0.2) is 0 Å². The van der Waals surface area contributed by atoms with Gasteiger partial charge in [-0.2, -0.15) is 16.8 Å². The first-order chi connectivity index (χ1) is 17.7. The van der Waals surface area contributed by atoms with E-state index in [1.54, 1.807) is 0 Å². The summed E-state index contributed by atoms with van der Waals surface area (Å²) in [5, 5.41) is 21.3. The van der Waals surface area contributed by atoms with Crippen LogP contribution in [0.3, 0.4) is 0 Å². The summed E-state index contributed by atoms with van der Waals surface area (Å²) in [5.41, 5.74) is 5.79. The molecule has 0 unspecified atom stereocenters. The van der Waals surface area contributed by atoms with E-state index in [1.807, 2.05) is 0 Å². The second-order valence-electron chi connectivity index (χ2n) is 7.84. The zero-order chi connectivity index (χ0) is 27.8. The fraction of sp³-hybridized carbons (Fsp3) is 0. The van der Waals surface area contributed by atoms with Crippen LogP contribution < -0.4 is 11.1 Å². The number of phenols is 1. The van der Waals surface area contributed by atoms with Gasteiger partial charge in [0, 0.05) is 22.3 Å². The minimum absolute atomic E-state index is 0.0169. The van der Waals surface area contributed by atoms with Crippen LogP contribution in [0.5, 0.6) is 5.75 Å². The Bertz CT molecular complexity index is 1840. The molecule has 15 heteroatoms. The van der Waals surface area contributed by atoms with Gasteiger partial charge >= 0.3 is 0 Å². The molecule has 0 aliphatic carbocycles. The standard InChI is InChI=1S/C23H17ClN4O8S2/c24-14-4-1-12(2-5-14)23(30)26-15-6-8-20(38(34,35)36)18(10-15)27-28-22-17(25)7-3-13-9-16(37(31,32)33)11-19(29)21(13)22/h1-11,29H,25H2,(H,26,30)(H,31,32,33)(H,34,35,36). The number of nitrogens with zero attached hydrogens (tertiary/aromatic N) is 2. The van der Waals surface area contributed by atoms with Gasteiger partial charge in [-0.3, -0.25) is 13.9 Å². The molecule has 0 saturated carbocycles. The summed E-state index contributed by atoms with van der Waals surface area (Å²) in [6, 6.07) is 13.9. The Labute approximate surface area is 220 Å². The number of carbonyl (C=O) groups is 1. The Morgan fingerprint density at radius 1 is 0.868 bits per heavy atom. The van der Waals surface area contributed by atoms with Crippen molar-refractivity contribution in [1.29, 1.82) is 0 Å². The summed E-state index contributed by atoms with van der Waals surface area (Å²) >= 11 is 5.83. The average Bonchev–Trinajstić information content (AvgIpc) is 2.82. The van der Waals surface area contributed by atoms with Crippen molar-refractivity contribution in [3.63, 3.8) is 0 Å². The number of amides is 1. The molecule has 0 aliphatic rings. The molecule has 0 radical (unpaired) electrons. The lowest BCUT2D eigenvalue weighted by Crippen LogP contribution is -2.11. The van der Waals surface area contributed by atoms with Crippen molar-refractivity contribution in [2.45, 2.75) is 9.79 Å². The van der Waals surface area contributed by atoms with Crippen LogP contribution in [0, 0.1) is 0 Å². The molecule has 0 saturated heterocycles. The number of rotatable bonds is 6. The topological polar surface area (TPSA) is 209 Å². The predicted molar refractivity (Wildman–Crippen MR) is 140 cm³/mol. The number of carbonyl (C=O) groups excluding carboxylic acids is 1. The number of nitrogen functional groups attached to an aromatic ring is 1. The Hall–Kier alpha value is -4.08. The number of halogens is 1. The van der Waals surface area contributed by atoms with E-state index in [4.69, 9.17) is 17.3 Å². The van der Waals surface area contributed by atoms with E-state index in [9.17, 15) is 35.8 Å². The number of phenolic OH excluding ortho intramolecular Hbond substituents is 1. The largest absolute Gasteiger partial charge is 0.507 e. The van der Waals surface area contributed by atoms with Gasteiger partial charge < -0.3 is 16.2 Å². The van der Waals surface area contributed by atoms with E-state index in [0.717, 1.165) is 24.3 Å². The fourth-order valence-corrected chi connectivity index (χ4v) is 4.74. The van der Waals surface area contributed by atoms with Gasteiger partial charge in [-0.15, -0.1) is 10.2 Å². The molecule has 12 nitrogen and oxygen atoms in total. The monoisotopic (exact) mass is 576 g/mol. The van der Waals surface area contributed by atoms with Gasteiger partial charge in [0.1, 0.15) is 22.0 Å². The second kappa shape index (κ2) is 10.00.